The maximum atomic E-state index is 12.6. The number of hydrogen-bond acceptors (Lipinski definition) is 8. The standard InChI is InChI=1S/C43H78NO8P/c1-5-7-9-11-13-15-17-19-21-23-25-27-29-31-33-35-42(45)49-39-41(40-51-53(47,48)50-38-37-44(3)4)52-43(46)36-34-32-30-28-26-24-22-20-18-16-14-12-10-8-6-2/h13-16,19-22,41H,5-12,17-18,23-40H2,1-4H3,(H,47,48)/b15-13-,16-14-,21-19-,22-20-. The SMILES string of the molecule is CCCCC/C=C\C/C=C\CCCCCCCC(=O)OCC(COP(=O)(O)OCCN(C)C)OC(=O)CCCCCCC/C=C\C/C=C\CCCCC. The smallest absolute Gasteiger partial charge is 0.462 e. The van der Waals surface area contributed by atoms with E-state index in [9.17, 15) is 19.0 Å². The summed E-state index contributed by atoms with van der Waals surface area (Å²) in [5.74, 6) is -0.838. The second-order valence-electron chi connectivity index (χ2n) is 14.2. The Morgan fingerprint density at radius 2 is 1.02 bits per heavy atom. The summed E-state index contributed by atoms with van der Waals surface area (Å²) in [5.41, 5.74) is 0. The molecule has 0 radical (unpaired) electrons. The van der Waals surface area contributed by atoms with Gasteiger partial charge in [-0.3, -0.25) is 18.6 Å². The zero-order chi connectivity index (χ0) is 39.1. The summed E-state index contributed by atoms with van der Waals surface area (Å²) in [4.78, 5) is 37.0. The molecule has 0 aliphatic rings. The van der Waals surface area contributed by atoms with E-state index < -0.39 is 26.5 Å². The van der Waals surface area contributed by atoms with Gasteiger partial charge in [0, 0.05) is 19.4 Å². The molecule has 53 heavy (non-hydrogen) atoms. The molecule has 0 spiro atoms. The predicted molar refractivity (Wildman–Crippen MR) is 220 cm³/mol. The number of unbranched alkanes of at least 4 members (excludes halogenated alkanes) is 16. The van der Waals surface area contributed by atoms with Gasteiger partial charge in [-0.25, -0.2) is 4.57 Å². The van der Waals surface area contributed by atoms with Crippen LogP contribution in [0.25, 0.3) is 0 Å². The van der Waals surface area contributed by atoms with Gasteiger partial charge >= 0.3 is 19.8 Å². The van der Waals surface area contributed by atoms with Crippen molar-refractivity contribution in [3.05, 3.63) is 48.6 Å². The molecule has 10 heteroatoms. The Labute approximate surface area is 324 Å². The lowest BCUT2D eigenvalue weighted by Crippen LogP contribution is -2.29. The Bertz CT molecular complexity index is 1030. The molecule has 0 aliphatic heterocycles. The molecule has 0 aromatic rings. The van der Waals surface area contributed by atoms with Crippen LogP contribution in [0.4, 0.5) is 0 Å². The summed E-state index contributed by atoms with van der Waals surface area (Å²) in [6, 6.07) is 0. The van der Waals surface area contributed by atoms with Crippen molar-refractivity contribution in [2.24, 2.45) is 0 Å². The molecule has 0 aliphatic carbocycles. The number of likely N-dealkylation sites (N-methyl/N-ethyl adjacent to an activating group) is 1. The van der Waals surface area contributed by atoms with Crippen molar-refractivity contribution in [3.8, 4) is 0 Å². The van der Waals surface area contributed by atoms with Crippen molar-refractivity contribution in [1.82, 2.24) is 4.90 Å². The number of allylic oxidation sites excluding steroid dienone is 8. The van der Waals surface area contributed by atoms with Crippen LogP contribution in [-0.4, -0.2) is 68.3 Å². The number of carbonyl (C=O) groups is 2. The minimum absolute atomic E-state index is 0.000590. The van der Waals surface area contributed by atoms with Gasteiger partial charge in [-0.2, -0.15) is 0 Å². The first-order valence-electron chi connectivity index (χ1n) is 20.9. The molecule has 2 atom stereocenters. The molecule has 308 valence electrons. The third-order valence-electron chi connectivity index (χ3n) is 8.61. The monoisotopic (exact) mass is 768 g/mol. The van der Waals surface area contributed by atoms with Gasteiger partial charge in [-0.15, -0.1) is 0 Å². The van der Waals surface area contributed by atoms with Crippen molar-refractivity contribution >= 4 is 19.8 Å². The second-order valence-corrected chi connectivity index (χ2v) is 15.6. The minimum Gasteiger partial charge on any atom is -0.462 e. The van der Waals surface area contributed by atoms with E-state index in [1.54, 1.807) is 0 Å². The molecule has 0 aromatic heterocycles. The van der Waals surface area contributed by atoms with Crippen LogP contribution >= 0.6 is 7.82 Å². The lowest BCUT2D eigenvalue weighted by molar-refractivity contribution is -0.161. The Morgan fingerprint density at radius 3 is 1.49 bits per heavy atom. The first-order valence-corrected chi connectivity index (χ1v) is 22.4. The van der Waals surface area contributed by atoms with Crippen molar-refractivity contribution in [3.63, 3.8) is 0 Å². The summed E-state index contributed by atoms with van der Waals surface area (Å²) in [5, 5.41) is 0. The number of phosphoric ester groups is 1. The van der Waals surface area contributed by atoms with Gasteiger partial charge in [0.15, 0.2) is 6.10 Å². The van der Waals surface area contributed by atoms with Crippen molar-refractivity contribution in [1.29, 1.82) is 0 Å². The molecule has 0 fully saturated rings. The fourth-order valence-electron chi connectivity index (χ4n) is 5.33. The molecule has 2 unspecified atom stereocenters. The van der Waals surface area contributed by atoms with Crippen molar-refractivity contribution < 1.29 is 37.6 Å². The molecule has 9 nitrogen and oxygen atoms in total. The first kappa shape index (κ1) is 51.0. The Hall–Kier alpha value is -2.03. The highest BCUT2D eigenvalue weighted by Crippen LogP contribution is 2.43. The number of rotatable bonds is 38. The highest BCUT2D eigenvalue weighted by molar-refractivity contribution is 7.47. The molecular weight excluding hydrogens is 689 g/mol. The maximum Gasteiger partial charge on any atom is 0.472 e. The van der Waals surface area contributed by atoms with E-state index in [1.807, 2.05) is 19.0 Å². The maximum absolute atomic E-state index is 12.6. The summed E-state index contributed by atoms with van der Waals surface area (Å²) in [7, 11) is -0.729. The molecular formula is C43H78NO8P. The predicted octanol–water partition coefficient (Wildman–Crippen LogP) is 11.8. The number of phosphoric acid groups is 1. The van der Waals surface area contributed by atoms with Gasteiger partial charge in [0.2, 0.25) is 0 Å². The molecule has 1 N–H and O–H groups in total. The van der Waals surface area contributed by atoms with Crippen LogP contribution in [0, 0.1) is 0 Å². The van der Waals surface area contributed by atoms with E-state index in [0.29, 0.717) is 13.0 Å². The fourth-order valence-corrected chi connectivity index (χ4v) is 6.08. The largest absolute Gasteiger partial charge is 0.472 e. The highest BCUT2D eigenvalue weighted by Gasteiger charge is 2.26. The van der Waals surface area contributed by atoms with Crippen LogP contribution in [0.15, 0.2) is 48.6 Å². The van der Waals surface area contributed by atoms with Crippen LogP contribution < -0.4 is 0 Å². The molecule has 0 saturated carbocycles. The van der Waals surface area contributed by atoms with Crippen LogP contribution in [0.2, 0.25) is 0 Å². The first-order chi connectivity index (χ1) is 25.7. The molecule has 0 amide bonds. The summed E-state index contributed by atoms with van der Waals surface area (Å²) in [6.45, 7) is 4.22. The normalized spacial score (nSPS) is 13.9. The van der Waals surface area contributed by atoms with Crippen LogP contribution in [0.3, 0.4) is 0 Å². The third kappa shape index (κ3) is 39.5. The lowest BCUT2D eigenvalue weighted by atomic mass is 10.1. The Kier molecular flexibility index (Phi) is 36.8. The lowest BCUT2D eigenvalue weighted by Gasteiger charge is -2.20. The average Bonchev–Trinajstić information content (AvgIpc) is 3.12. The fraction of sp³-hybridized carbons (Fsp3) is 0.767. The zero-order valence-corrected chi connectivity index (χ0v) is 35.1. The van der Waals surface area contributed by atoms with Gasteiger partial charge in [0.1, 0.15) is 6.61 Å². The Balaban J connectivity index is 4.37. The Morgan fingerprint density at radius 1 is 0.585 bits per heavy atom. The quantitative estimate of drug-likeness (QED) is 0.0284. The zero-order valence-electron chi connectivity index (χ0n) is 34.2. The third-order valence-corrected chi connectivity index (χ3v) is 9.59. The second kappa shape index (κ2) is 38.3. The number of ether oxygens (including phenoxy) is 2. The summed E-state index contributed by atoms with van der Waals surface area (Å²) in [6.07, 6.45) is 41.5. The van der Waals surface area contributed by atoms with Crippen molar-refractivity contribution in [2.75, 3.05) is 40.5 Å². The highest BCUT2D eigenvalue weighted by atomic mass is 31.2. The van der Waals surface area contributed by atoms with E-state index >= 15 is 0 Å². The van der Waals surface area contributed by atoms with E-state index in [0.717, 1.165) is 83.5 Å². The number of nitrogens with zero attached hydrogens (tertiary/aromatic N) is 1. The van der Waals surface area contributed by atoms with Crippen LogP contribution in [0.1, 0.15) is 168 Å². The van der Waals surface area contributed by atoms with Crippen molar-refractivity contribution in [2.45, 2.75) is 174 Å². The van der Waals surface area contributed by atoms with Gasteiger partial charge in [0.05, 0.1) is 13.2 Å². The molecule has 0 saturated heterocycles. The van der Waals surface area contributed by atoms with Crippen LogP contribution in [0.5, 0.6) is 0 Å². The number of hydrogen-bond donors (Lipinski definition) is 1. The molecule has 0 rings (SSSR count). The summed E-state index contributed by atoms with van der Waals surface area (Å²) >= 11 is 0. The van der Waals surface area contributed by atoms with E-state index in [2.05, 4.69) is 62.5 Å². The van der Waals surface area contributed by atoms with Gasteiger partial charge in [-0.05, 0) is 91.1 Å². The van der Waals surface area contributed by atoms with E-state index in [4.69, 9.17) is 18.5 Å². The van der Waals surface area contributed by atoms with Crippen LogP contribution in [-0.2, 0) is 32.7 Å². The van der Waals surface area contributed by atoms with Gasteiger partial charge < -0.3 is 19.3 Å². The summed E-state index contributed by atoms with van der Waals surface area (Å²) < 4.78 is 33.4. The number of esters is 2. The van der Waals surface area contributed by atoms with Gasteiger partial charge in [-0.1, -0.05) is 127 Å². The topological polar surface area (TPSA) is 112 Å². The van der Waals surface area contributed by atoms with E-state index in [1.165, 1.54) is 51.4 Å². The molecule has 0 heterocycles. The molecule has 0 aromatic carbocycles. The average molecular weight is 768 g/mol. The van der Waals surface area contributed by atoms with E-state index in [-0.39, 0.29) is 32.0 Å². The number of carbonyl (C=O) groups excluding carboxylic acids is 2. The minimum atomic E-state index is -4.37. The molecule has 0 bridgehead atoms. The van der Waals surface area contributed by atoms with Gasteiger partial charge in [0.25, 0.3) is 0 Å².